The van der Waals surface area contributed by atoms with Gasteiger partial charge in [0.1, 0.15) is 0 Å². The molecule has 0 aliphatic heterocycles. The Kier molecular flexibility index (Phi) is 3.76. The van der Waals surface area contributed by atoms with Crippen LogP contribution in [0.5, 0.6) is 0 Å². The minimum Gasteiger partial charge on any atom is -0.276 e. The molecule has 0 aromatic heterocycles. The van der Waals surface area contributed by atoms with E-state index in [1.165, 1.54) is 0 Å². The van der Waals surface area contributed by atoms with Crippen LogP contribution in [0.15, 0.2) is 24.3 Å². The number of halogens is 2. The van der Waals surface area contributed by atoms with Gasteiger partial charge in [0.05, 0.1) is 0 Å². The Hall–Kier alpha value is -0.530. The van der Waals surface area contributed by atoms with Gasteiger partial charge in [0.25, 0.3) is 5.24 Å². The van der Waals surface area contributed by atoms with Crippen molar-refractivity contribution in [1.82, 2.24) is 0 Å². The molecule has 0 radical (unpaired) electrons. The second kappa shape index (κ2) is 4.64. The van der Waals surface area contributed by atoms with Gasteiger partial charge < -0.3 is 0 Å². The Morgan fingerprint density at radius 2 is 1.92 bits per heavy atom. The molecule has 0 amide bonds. The number of carbonyl (C=O) groups excluding carboxylic acids is 1. The molecule has 0 saturated heterocycles. The van der Waals surface area contributed by atoms with Crippen LogP contribution in [-0.2, 0) is 6.42 Å². The molecule has 0 saturated carbocycles. The summed E-state index contributed by atoms with van der Waals surface area (Å²) in [6.45, 7) is 1.93. The van der Waals surface area contributed by atoms with E-state index >= 15 is 0 Å². The van der Waals surface area contributed by atoms with Crippen LogP contribution in [0.1, 0.15) is 22.8 Å². The predicted octanol–water partition coefficient (Wildman–Crippen LogP) is 3.24. The third kappa shape index (κ3) is 3.37. The molecule has 0 heterocycles. The monoisotopic (exact) mass is 216 g/mol. The Labute approximate surface area is 87.7 Å². The van der Waals surface area contributed by atoms with E-state index in [4.69, 9.17) is 23.2 Å². The molecule has 1 atom stereocenters. The standard InChI is InChI=1S/C10H10Cl2O/c1-7(11)6-8-2-4-9(5-3-8)10(12)13/h2-5,7H,6H2,1H3. The van der Waals surface area contributed by atoms with Crippen LogP contribution in [0.4, 0.5) is 0 Å². The van der Waals surface area contributed by atoms with Crippen molar-refractivity contribution in [3.8, 4) is 0 Å². The highest BCUT2D eigenvalue weighted by atomic mass is 35.5. The van der Waals surface area contributed by atoms with E-state index in [0.717, 1.165) is 12.0 Å². The second-order valence-electron chi connectivity index (χ2n) is 2.96. The largest absolute Gasteiger partial charge is 0.276 e. The molecule has 0 bridgehead atoms. The van der Waals surface area contributed by atoms with Gasteiger partial charge in [0.15, 0.2) is 0 Å². The first-order chi connectivity index (χ1) is 6.09. The Bertz CT molecular complexity index is 290. The summed E-state index contributed by atoms with van der Waals surface area (Å²) < 4.78 is 0. The summed E-state index contributed by atoms with van der Waals surface area (Å²) in [5.74, 6) is 0. The lowest BCUT2D eigenvalue weighted by atomic mass is 10.1. The fourth-order valence-electron chi connectivity index (χ4n) is 1.10. The molecule has 0 aliphatic rings. The fourth-order valence-corrected chi connectivity index (χ4v) is 1.40. The van der Waals surface area contributed by atoms with Crippen molar-refractivity contribution in [2.24, 2.45) is 0 Å². The van der Waals surface area contributed by atoms with Gasteiger partial charge in [-0.05, 0) is 42.6 Å². The van der Waals surface area contributed by atoms with Crippen molar-refractivity contribution in [2.75, 3.05) is 0 Å². The molecule has 1 aromatic carbocycles. The van der Waals surface area contributed by atoms with Crippen LogP contribution in [0.25, 0.3) is 0 Å². The third-order valence-corrected chi connectivity index (χ3v) is 2.07. The molecule has 0 spiro atoms. The summed E-state index contributed by atoms with van der Waals surface area (Å²) >= 11 is 11.1. The van der Waals surface area contributed by atoms with Crippen LogP contribution < -0.4 is 0 Å². The molecular formula is C10H10Cl2O. The first kappa shape index (κ1) is 10.6. The molecule has 0 aliphatic carbocycles. The quantitative estimate of drug-likeness (QED) is 0.561. The average Bonchev–Trinajstić information content (AvgIpc) is 2.04. The number of alkyl halides is 1. The number of hydrogen-bond acceptors (Lipinski definition) is 1. The van der Waals surface area contributed by atoms with Gasteiger partial charge in [-0.2, -0.15) is 0 Å². The van der Waals surface area contributed by atoms with Crippen LogP contribution in [0.3, 0.4) is 0 Å². The van der Waals surface area contributed by atoms with Crippen molar-refractivity contribution in [2.45, 2.75) is 18.7 Å². The van der Waals surface area contributed by atoms with Crippen molar-refractivity contribution in [3.05, 3.63) is 35.4 Å². The maximum atomic E-state index is 10.7. The minimum absolute atomic E-state index is 0.109. The molecule has 1 nitrogen and oxygen atoms in total. The lowest BCUT2D eigenvalue weighted by molar-refractivity contribution is 0.108. The topological polar surface area (TPSA) is 17.1 Å². The van der Waals surface area contributed by atoms with E-state index < -0.39 is 5.24 Å². The number of carbonyl (C=O) groups is 1. The van der Waals surface area contributed by atoms with Crippen LogP contribution >= 0.6 is 23.2 Å². The lowest BCUT2D eigenvalue weighted by Gasteiger charge is -2.02. The highest BCUT2D eigenvalue weighted by molar-refractivity contribution is 6.67. The summed E-state index contributed by atoms with van der Waals surface area (Å²) in [6.07, 6.45) is 0.804. The van der Waals surface area contributed by atoms with Gasteiger partial charge in [0.2, 0.25) is 0 Å². The van der Waals surface area contributed by atoms with Gasteiger partial charge in [-0.25, -0.2) is 0 Å². The average molecular weight is 217 g/mol. The van der Waals surface area contributed by atoms with Crippen molar-refractivity contribution in [1.29, 1.82) is 0 Å². The van der Waals surface area contributed by atoms with Gasteiger partial charge in [-0.15, -0.1) is 11.6 Å². The zero-order valence-electron chi connectivity index (χ0n) is 7.26. The Balaban J connectivity index is 2.75. The summed E-state index contributed by atoms with van der Waals surface area (Å²) in [6, 6.07) is 7.16. The van der Waals surface area contributed by atoms with Gasteiger partial charge in [0, 0.05) is 10.9 Å². The molecule has 0 N–H and O–H groups in total. The Morgan fingerprint density at radius 3 is 2.31 bits per heavy atom. The van der Waals surface area contributed by atoms with E-state index in [9.17, 15) is 4.79 Å². The normalized spacial score (nSPS) is 12.5. The minimum atomic E-state index is -0.425. The van der Waals surface area contributed by atoms with Crippen molar-refractivity contribution < 1.29 is 4.79 Å². The molecule has 13 heavy (non-hydrogen) atoms. The van der Waals surface area contributed by atoms with E-state index in [2.05, 4.69) is 0 Å². The van der Waals surface area contributed by atoms with Crippen LogP contribution in [-0.4, -0.2) is 10.6 Å². The highest BCUT2D eigenvalue weighted by Gasteiger charge is 2.02. The predicted molar refractivity (Wildman–Crippen MR) is 55.6 cm³/mol. The number of rotatable bonds is 3. The van der Waals surface area contributed by atoms with Gasteiger partial charge in [-0.1, -0.05) is 12.1 Å². The van der Waals surface area contributed by atoms with E-state index in [1.54, 1.807) is 12.1 Å². The maximum absolute atomic E-state index is 10.7. The summed E-state index contributed by atoms with van der Waals surface area (Å²) in [4.78, 5) is 10.7. The third-order valence-electron chi connectivity index (χ3n) is 1.70. The summed E-state index contributed by atoms with van der Waals surface area (Å²) in [5, 5.41) is -0.317. The van der Waals surface area contributed by atoms with Crippen LogP contribution in [0.2, 0.25) is 0 Å². The first-order valence-electron chi connectivity index (χ1n) is 4.02. The highest BCUT2D eigenvalue weighted by Crippen LogP contribution is 2.10. The zero-order chi connectivity index (χ0) is 9.84. The SMILES string of the molecule is CC(Cl)Cc1ccc(C(=O)Cl)cc1. The molecule has 70 valence electrons. The van der Waals surface area contributed by atoms with Gasteiger partial charge in [-0.3, -0.25) is 4.79 Å². The van der Waals surface area contributed by atoms with E-state index in [-0.39, 0.29) is 5.38 Å². The van der Waals surface area contributed by atoms with Gasteiger partial charge >= 0.3 is 0 Å². The molecular weight excluding hydrogens is 207 g/mol. The molecule has 3 heteroatoms. The van der Waals surface area contributed by atoms with E-state index in [0.29, 0.717) is 5.56 Å². The first-order valence-corrected chi connectivity index (χ1v) is 4.84. The Morgan fingerprint density at radius 1 is 1.38 bits per heavy atom. The van der Waals surface area contributed by atoms with Crippen LogP contribution in [0, 0.1) is 0 Å². The summed E-state index contributed by atoms with van der Waals surface area (Å²) in [5.41, 5.74) is 1.64. The molecule has 1 unspecified atom stereocenters. The van der Waals surface area contributed by atoms with E-state index in [1.807, 2.05) is 19.1 Å². The molecule has 1 aromatic rings. The second-order valence-corrected chi connectivity index (χ2v) is 4.04. The fraction of sp³-hybridized carbons (Fsp3) is 0.300. The molecule has 1 rings (SSSR count). The zero-order valence-corrected chi connectivity index (χ0v) is 8.77. The lowest BCUT2D eigenvalue weighted by Crippen LogP contribution is -1.97. The number of hydrogen-bond donors (Lipinski definition) is 0. The van der Waals surface area contributed by atoms with Crippen molar-refractivity contribution in [3.63, 3.8) is 0 Å². The number of benzene rings is 1. The maximum Gasteiger partial charge on any atom is 0.252 e. The smallest absolute Gasteiger partial charge is 0.252 e. The van der Waals surface area contributed by atoms with Crippen molar-refractivity contribution >= 4 is 28.4 Å². The summed E-state index contributed by atoms with van der Waals surface area (Å²) in [7, 11) is 0. The molecule has 0 fully saturated rings.